The summed E-state index contributed by atoms with van der Waals surface area (Å²) in [5, 5.41) is 5.71. The van der Waals surface area contributed by atoms with Crippen molar-refractivity contribution >= 4 is 46.7 Å². The molecule has 0 radical (unpaired) electrons. The van der Waals surface area contributed by atoms with Gasteiger partial charge in [0.25, 0.3) is 11.8 Å². The average Bonchev–Trinajstić information content (AvgIpc) is 2.77. The molecule has 2 N–H and O–H groups in total. The second kappa shape index (κ2) is 10.0. The van der Waals surface area contributed by atoms with Crippen molar-refractivity contribution in [1.82, 2.24) is 10.6 Å². The highest BCUT2D eigenvalue weighted by Crippen LogP contribution is 2.43. The van der Waals surface area contributed by atoms with Crippen LogP contribution in [0.5, 0.6) is 11.5 Å². The molecule has 0 unspecified atom stereocenters. The van der Waals surface area contributed by atoms with Gasteiger partial charge in [-0.05, 0) is 12.5 Å². The van der Waals surface area contributed by atoms with Crippen LogP contribution in [0.4, 0.5) is 0 Å². The molecule has 0 saturated heterocycles. The van der Waals surface area contributed by atoms with Gasteiger partial charge in [0.15, 0.2) is 11.5 Å². The molecule has 1 aliphatic rings. The van der Waals surface area contributed by atoms with Gasteiger partial charge in [-0.15, -0.1) is 11.3 Å². The molecule has 1 aromatic heterocycles. The first kappa shape index (κ1) is 19.3. The summed E-state index contributed by atoms with van der Waals surface area (Å²) in [4.78, 5) is 25.7. The topological polar surface area (TPSA) is 76.7 Å². The van der Waals surface area contributed by atoms with Crippen molar-refractivity contribution in [3.05, 3.63) is 9.75 Å². The van der Waals surface area contributed by atoms with Gasteiger partial charge < -0.3 is 20.1 Å². The molecule has 0 bridgehead atoms. The van der Waals surface area contributed by atoms with E-state index in [1.54, 1.807) is 23.5 Å². The number of amides is 2. The first-order valence-corrected chi connectivity index (χ1v) is 11.3. The fraction of sp³-hybridized carbons (Fsp3) is 0.600. The monoisotopic (exact) mass is 390 g/mol. The molecule has 2 amide bonds. The lowest BCUT2D eigenvalue weighted by atomic mass is 10.3. The Morgan fingerprint density at radius 1 is 0.958 bits per heavy atom. The predicted molar refractivity (Wildman–Crippen MR) is 101 cm³/mol. The van der Waals surface area contributed by atoms with Crippen molar-refractivity contribution in [1.29, 1.82) is 0 Å². The number of thiophene rings is 1. The maximum atomic E-state index is 12.4. The molecule has 1 aliphatic heterocycles. The minimum absolute atomic E-state index is 0.223. The Morgan fingerprint density at radius 3 is 1.83 bits per heavy atom. The molecular weight excluding hydrogens is 368 g/mol. The fourth-order valence-corrected chi connectivity index (χ4v) is 3.70. The largest absolute Gasteiger partial charge is 0.488 e. The summed E-state index contributed by atoms with van der Waals surface area (Å²) in [5.41, 5.74) is 0. The van der Waals surface area contributed by atoms with Crippen molar-refractivity contribution in [3.8, 4) is 11.5 Å². The summed E-state index contributed by atoms with van der Waals surface area (Å²) in [6.07, 6.45) is 4.69. The summed E-state index contributed by atoms with van der Waals surface area (Å²) in [7, 11) is 0. The lowest BCUT2D eigenvalue weighted by molar-refractivity contribution is 0.0948. The van der Waals surface area contributed by atoms with Crippen LogP contribution in [0, 0.1) is 0 Å². The maximum Gasteiger partial charge on any atom is 0.265 e. The Balaban J connectivity index is 2.21. The van der Waals surface area contributed by atoms with E-state index in [9.17, 15) is 9.59 Å². The smallest absolute Gasteiger partial charge is 0.265 e. The summed E-state index contributed by atoms with van der Waals surface area (Å²) < 4.78 is 11.4. The van der Waals surface area contributed by atoms with Crippen LogP contribution in [0.2, 0.25) is 0 Å². The second-order valence-electron chi connectivity index (χ2n) is 4.97. The first-order valence-electron chi connectivity index (χ1n) is 7.65. The van der Waals surface area contributed by atoms with E-state index in [0.29, 0.717) is 47.6 Å². The Hall–Kier alpha value is -1.06. The maximum absolute atomic E-state index is 12.4. The van der Waals surface area contributed by atoms with Crippen LogP contribution >= 0.6 is 34.9 Å². The molecule has 6 nitrogen and oxygen atoms in total. The Bertz CT molecular complexity index is 531. The number of hydrogen-bond acceptors (Lipinski definition) is 7. The standard InChI is InChI=1S/C15H22N2O4S3/c1-22-8-4-16-14(18)12-10-11(21-7-3-6-20-10)13(24-12)15(19)17-5-9-23-2/h3-9H2,1-2H3,(H,16,18)(H,17,19). The molecule has 134 valence electrons. The van der Waals surface area contributed by atoms with Gasteiger partial charge in [-0.2, -0.15) is 23.5 Å². The van der Waals surface area contributed by atoms with Gasteiger partial charge in [-0.25, -0.2) is 0 Å². The molecule has 0 fully saturated rings. The van der Waals surface area contributed by atoms with Gasteiger partial charge in [-0.3, -0.25) is 9.59 Å². The van der Waals surface area contributed by atoms with Crippen LogP contribution in [-0.2, 0) is 0 Å². The third-order valence-electron chi connectivity index (χ3n) is 3.20. The van der Waals surface area contributed by atoms with Gasteiger partial charge in [0.2, 0.25) is 0 Å². The number of thioether (sulfide) groups is 2. The Kier molecular flexibility index (Phi) is 8.07. The summed E-state index contributed by atoms with van der Waals surface area (Å²) in [6, 6.07) is 0. The van der Waals surface area contributed by atoms with E-state index >= 15 is 0 Å². The van der Waals surface area contributed by atoms with Crippen LogP contribution in [0.15, 0.2) is 0 Å². The van der Waals surface area contributed by atoms with E-state index in [0.717, 1.165) is 29.3 Å². The molecule has 0 aromatic carbocycles. The SMILES string of the molecule is CSCCNC(=O)c1sc(C(=O)NCCSC)c2c1OCCCO2. The van der Waals surface area contributed by atoms with E-state index in [-0.39, 0.29) is 11.8 Å². The molecule has 0 spiro atoms. The lowest BCUT2D eigenvalue weighted by Gasteiger charge is -2.07. The minimum Gasteiger partial charge on any atom is -0.488 e. The highest BCUT2D eigenvalue weighted by Gasteiger charge is 2.30. The van der Waals surface area contributed by atoms with E-state index in [1.807, 2.05) is 12.5 Å². The van der Waals surface area contributed by atoms with Gasteiger partial charge >= 0.3 is 0 Å². The van der Waals surface area contributed by atoms with Gasteiger partial charge in [0, 0.05) is 31.0 Å². The number of carbonyl (C=O) groups excluding carboxylic acids is 2. The zero-order valence-electron chi connectivity index (χ0n) is 13.8. The number of carbonyl (C=O) groups is 2. The summed E-state index contributed by atoms with van der Waals surface area (Å²) in [5.74, 6) is 2.01. The number of fused-ring (bicyclic) bond motifs is 1. The average molecular weight is 391 g/mol. The number of rotatable bonds is 8. The van der Waals surface area contributed by atoms with E-state index in [4.69, 9.17) is 9.47 Å². The van der Waals surface area contributed by atoms with E-state index in [2.05, 4.69) is 10.6 Å². The predicted octanol–water partition coefficient (Wildman–Crippen LogP) is 2.10. The van der Waals surface area contributed by atoms with Gasteiger partial charge in [-0.1, -0.05) is 0 Å². The van der Waals surface area contributed by atoms with E-state index < -0.39 is 0 Å². The van der Waals surface area contributed by atoms with Crippen LogP contribution < -0.4 is 20.1 Å². The fourth-order valence-electron chi connectivity index (χ4n) is 2.06. The molecule has 2 heterocycles. The Labute approximate surface area is 154 Å². The zero-order chi connectivity index (χ0) is 17.4. The number of nitrogens with one attached hydrogen (secondary N) is 2. The van der Waals surface area contributed by atoms with Crippen molar-refractivity contribution in [2.24, 2.45) is 0 Å². The molecule has 0 aliphatic carbocycles. The molecule has 1 aromatic rings. The van der Waals surface area contributed by atoms with Crippen molar-refractivity contribution in [2.75, 3.05) is 50.3 Å². The van der Waals surface area contributed by atoms with Crippen molar-refractivity contribution in [2.45, 2.75) is 6.42 Å². The highest BCUT2D eigenvalue weighted by molar-refractivity contribution is 7.98. The lowest BCUT2D eigenvalue weighted by Crippen LogP contribution is -2.26. The third kappa shape index (κ3) is 4.97. The number of ether oxygens (including phenoxy) is 2. The highest BCUT2D eigenvalue weighted by atomic mass is 32.2. The molecule has 2 rings (SSSR count). The van der Waals surface area contributed by atoms with Gasteiger partial charge in [0.1, 0.15) is 9.75 Å². The molecule has 0 saturated carbocycles. The van der Waals surface area contributed by atoms with Gasteiger partial charge in [0.05, 0.1) is 13.2 Å². The molecule has 24 heavy (non-hydrogen) atoms. The molecule has 9 heteroatoms. The zero-order valence-corrected chi connectivity index (χ0v) is 16.3. The molecule has 0 atom stereocenters. The quantitative estimate of drug-likeness (QED) is 0.662. The normalized spacial score (nSPS) is 13.2. The summed E-state index contributed by atoms with van der Waals surface area (Å²) >= 11 is 4.45. The Morgan fingerprint density at radius 2 is 1.42 bits per heavy atom. The summed E-state index contributed by atoms with van der Waals surface area (Å²) in [6.45, 7) is 2.09. The third-order valence-corrected chi connectivity index (χ3v) is 5.57. The minimum atomic E-state index is -0.223. The second-order valence-corrected chi connectivity index (χ2v) is 7.96. The van der Waals surface area contributed by atoms with Crippen LogP contribution in [0.25, 0.3) is 0 Å². The van der Waals surface area contributed by atoms with Crippen LogP contribution in [0.1, 0.15) is 25.8 Å². The van der Waals surface area contributed by atoms with E-state index in [1.165, 1.54) is 0 Å². The van der Waals surface area contributed by atoms with Crippen LogP contribution in [-0.4, -0.2) is 62.1 Å². The van der Waals surface area contributed by atoms with Crippen molar-refractivity contribution in [3.63, 3.8) is 0 Å². The first-order chi connectivity index (χ1) is 11.7. The molecular formula is C15H22N2O4S3. The van der Waals surface area contributed by atoms with Crippen molar-refractivity contribution < 1.29 is 19.1 Å². The number of hydrogen-bond donors (Lipinski definition) is 2. The van der Waals surface area contributed by atoms with Crippen LogP contribution in [0.3, 0.4) is 0 Å².